The maximum Gasteiger partial charge on any atom is 0.255 e. The number of carbonyl (C=O) groups is 1. The van der Waals surface area contributed by atoms with Gasteiger partial charge in [-0.1, -0.05) is 6.07 Å². The molecule has 0 aliphatic carbocycles. The fourth-order valence-electron chi connectivity index (χ4n) is 2.13. The molecule has 0 saturated carbocycles. The Kier molecular flexibility index (Phi) is 5.28. The standard InChI is InChI=1S/C17H20N2OS/c1-4-18-13-8-9-16(12(2)10-13)17(20)19-14-6-5-7-15(11-14)21-3/h5-11,18H,4H2,1-3H3,(H,19,20). The van der Waals surface area contributed by atoms with Gasteiger partial charge in [0.2, 0.25) is 0 Å². The minimum atomic E-state index is -0.0752. The van der Waals surface area contributed by atoms with Crippen LogP contribution in [0.4, 0.5) is 11.4 Å². The summed E-state index contributed by atoms with van der Waals surface area (Å²) in [4.78, 5) is 13.5. The summed E-state index contributed by atoms with van der Waals surface area (Å²) >= 11 is 1.66. The van der Waals surface area contributed by atoms with Crippen molar-refractivity contribution in [2.45, 2.75) is 18.7 Å². The molecular formula is C17H20N2OS. The van der Waals surface area contributed by atoms with Gasteiger partial charge in [-0.15, -0.1) is 11.8 Å². The van der Waals surface area contributed by atoms with E-state index >= 15 is 0 Å². The van der Waals surface area contributed by atoms with Gasteiger partial charge in [0.15, 0.2) is 0 Å². The van der Waals surface area contributed by atoms with Crippen LogP contribution < -0.4 is 10.6 Å². The lowest BCUT2D eigenvalue weighted by molar-refractivity contribution is 0.102. The Morgan fingerprint density at radius 2 is 1.95 bits per heavy atom. The molecule has 3 nitrogen and oxygen atoms in total. The highest BCUT2D eigenvalue weighted by Crippen LogP contribution is 2.21. The van der Waals surface area contributed by atoms with Crippen molar-refractivity contribution in [2.24, 2.45) is 0 Å². The minimum absolute atomic E-state index is 0.0752. The Hall–Kier alpha value is -1.94. The van der Waals surface area contributed by atoms with Crippen LogP contribution in [0, 0.1) is 6.92 Å². The number of rotatable bonds is 5. The summed E-state index contributed by atoms with van der Waals surface area (Å²) in [5, 5.41) is 6.20. The molecule has 0 radical (unpaired) electrons. The first-order valence-corrected chi connectivity index (χ1v) is 8.16. The van der Waals surface area contributed by atoms with E-state index in [-0.39, 0.29) is 5.91 Å². The Morgan fingerprint density at radius 1 is 1.14 bits per heavy atom. The third-order valence-electron chi connectivity index (χ3n) is 3.18. The first kappa shape index (κ1) is 15.4. The van der Waals surface area contributed by atoms with Crippen LogP contribution in [0.3, 0.4) is 0 Å². The summed E-state index contributed by atoms with van der Waals surface area (Å²) in [6.45, 7) is 4.87. The van der Waals surface area contributed by atoms with Crippen molar-refractivity contribution < 1.29 is 4.79 Å². The van der Waals surface area contributed by atoms with Crippen LogP contribution in [0.2, 0.25) is 0 Å². The fraction of sp³-hybridized carbons (Fsp3) is 0.235. The molecule has 21 heavy (non-hydrogen) atoms. The Balaban J connectivity index is 2.16. The Bertz CT molecular complexity index is 640. The lowest BCUT2D eigenvalue weighted by atomic mass is 10.1. The predicted octanol–water partition coefficient (Wildman–Crippen LogP) is 4.40. The molecule has 0 aliphatic rings. The summed E-state index contributed by atoms with van der Waals surface area (Å²) < 4.78 is 0. The summed E-state index contributed by atoms with van der Waals surface area (Å²) in [6, 6.07) is 13.6. The number of amides is 1. The second kappa shape index (κ2) is 7.18. The van der Waals surface area contributed by atoms with E-state index in [1.54, 1.807) is 11.8 Å². The molecule has 0 unspecified atom stereocenters. The van der Waals surface area contributed by atoms with E-state index in [2.05, 4.69) is 17.6 Å². The highest BCUT2D eigenvalue weighted by Gasteiger charge is 2.10. The van der Waals surface area contributed by atoms with E-state index in [0.717, 1.165) is 28.4 Å². The third-order valence-corrected chi connectivity index (χ3v) is 3.90. The number of hydrogen-bond donors (Lipinski definition) is 2. The molecule has 2 aromatic carbocycles. The fourth-order valence-corrected chi connectivity index (χ4v) is 2.59. The van der Waals surface area contributed by atoms with Gasteiger partial charge in [0.1, 0.15) is 0 Å². The molecule has 0 heterocycles. The van der Waals surface area contributed by atoms with Crippen molar-refractivity contribution in [3.63, 3.8) is 0 Å². The van der Waals surface area contributed by atoms with Gasteiger partial charge in [0.05, 0.1) is 0 Å². The number of anilines is 2. The van der Waals surface area contributed by atoms with Crippen molar-refractivity contribution in [3.05, 3.63) is 53.6 Å². The minimum Gasteiger partial charge on any atom is -0.385 e. The molecule has 0 bridgehead atoms. The topological polar surface area (TPSA) is 41.1 Å². The second-order valence-electron chi connectivity index (χ2n) is 4.75. The Labute approximate surface area is 130 Å². The van der Waals surface area contributed by atoms with Crippen molar-refractivity contribution in [3.8, 4) is 0 Å². The highest BCUT2D eigenvalue weighted by atomic mass is 32.2. The molecule has 4 heteroatoms. The summed E-state index contributed by atoms with van der Waals surface area (Å²) in [5.74, 6) is -0.0752. The normalized spacial score (nSPS) is 10.2. The van der Waals surface area contributed by atoms with E-state index < -0.39 is 0 Å². The van der Waals surface area contributed by atoms with Gasteiger partial charge < -0.3 is 10.6 Å². The van der Waals surface area contributed by atoms with Crippen molar-refractivity contribution in [1.29, 1.82) is 0 Å². The molecular weight excluding hydrogens is 280 g/mol. The summed E-state index contributed by atoms with van der Waals surface area (Å²) in [6.07, 6.45) is 2.02. The zero-order valence-electron chi connectivity index (χ0n) is 12.6. The first-order valence-electron chi connectivity index (χ1n) is 6.94. The third kappa shape index (κ3) is 4.02. The van der Waals surface area contributed by atoms with Crippen LogP contribution in [0.15, 0.2) is 47.4 Å². The summed E-state index contributed by atoms with van der Waals surface area (Å²) in [5.41, 5.74) is 3.52. The molecule has 0 saturated heterocycles. The van der Waals surface area contributed by atoms with Gasteiger partial charge in [0, 0.05) is 28.4 Å². The zero-order chi connectivity index (χ0) is 15.2. The first-order chi connectivity index (χ1) is 10.1. The zero-order valence-corrected chi connectivity index (χ0v) is 13.4. The largest absolute Gasteiger partial charge is 0.385 e. The van der Waals surface area contributed by atoms with Gasteiger partial charge in [-0.05, 0) is 62.1 Å². The van der Waals surface area contributed by atoms with Crippen molar-refractivity contribution >= 4 is 29.0 Å². The van der Waals surface area contributed by atoms with Crippen LogP contribution in [0.1, 0.15) is 22.8 Å². The monoisotopic (exact) mass is 300 g/mol. The van der Waals surface area contributed by atoms with Crippen LogP contribution in [-0.2, 0) is 0 Å². The van der Waals surface area contributed by atoms with E-state index in [9.17, 15) is 4.79 Å². The van der Waals surface area contributed by atoms with Gasteiger partial charge in [-0.25, -0.2) is 0 Å². The molecule has 0 atom stereocenters. The molecule has 110 valence electrons. The van der Waals surface area contributed by atoms with E-state index in [0.29, 0.717) is 5.56 Å². The number of carbonyl (C=O) groups excluding carboxylic acids is 1. The lowest BCUT2D eigenvalue weighted by Crippen LogP contribution is -2.13. The van der Waals surface area contributed by atoms with Crippen LogP contribution in [0.5, 0.6) is 0 Å². The molecule has 0 spiro atoms. The molecule has 2 N–H and O–H groups in total. The molecule has 2 aromatic rings. The molecule has 0 aliphatic heterocycles. The van der Waals surface area contributed by atoms with Crippen LogP contribution in [-0.4, -0.2) is 18.7 Å². The van der Waals surface area contributed by atoms with Gasteiger partial charge in [-0.3, -0.25) is 4.79 Å². The quantitative estimate of drug-likeness (QED) is 0.804. The van der Waals surface area contributed by atoms with Crippen molar-refractivity contribution in [2.75, 3.05) is 23.4 Å². The van der Waals surface area contributed by atoms with Gasteiger partial charge >= 0.3 is 0 Å². The number of benzene rings is 2. The molecule has 0 aromatic heterocycles. The maximum absolute atomic E-state index is 12.4. The van der Waals surface area contributed by atoms with E-state index in [1.807, 2.05) is 55.6 Å². The second-order valence-corrected chi connectivity index (χ2v) is 5.63. The van der Waals surface area contributed by atoms with Crippen LogP contribution >= 0.6 is 11.8 Å². The smallest absolute Gasteiger partial charge is 0.255 e. The maximum atomic E-state index is 12.4. The summed E-state index contributed by atoms with van der Waals surface area (Å²) in [7, 11) is 0. The van der Waals surface area contributed by atoms with Crippen LogP contribution in [0.25, 0.3) is 0 Å². The Morgan fingerprint density at radius 3 is 2.62 bits per heavy atom. The number of hydrogen-bond acceptors (Lipinski definition) is 3. The number of thioether (sulfide) groups is 1. The molecule has 2 rings (SSSR count). The van der Waals surface area contributed by atoms with E-state index in [1.165, 1.54) is 0 Å². The van der Waals surface area contributed by atoms with E-state index in [4.69, 9.17) is 0 Å². The lowest BCUT2D eigenvalue weighted by Gasteiger charge is -2.10. The predicted molar refractivity (Wildman–Crippen MR) is 91.5 cm³/mol. The highest BCUT2D eigenvalue weighted by molar-refractivity contribution is 7.98. The number of aryl methyl sites for hydroxylation is 1. The van der Waals surface area contributed by atoms with Gasteiger partial charge in [-0.2, -0.15) is 0 Å². The molecule has 1 amide bonds. The molecule has 0 fully saturated rings. The average Bonchev–Trinajstić information content (AvgIpc) is 2.47. The van der Waals surface area contributed by atoms with Gasteiger partial charge in [0.25, 0.3) is 5.91 Å². The number of nitrogens with one attached hydrogen (secondary N) is 2. The SMILES string of the molecule is CCNc1ccc(C(=O)Nc2cccc(SC)c2)c(C)c1. The average molecular weight is 300 g/mol. The van der Waals surface area contributed by atoms with Crippen molar-refractivity contribution in [1.82, 2.24) is 0 Å².